The van der Waals surface area contributed by atoms with Crippen LogP contribution in [0, 0.1) is 10.1 Å². The van der Waals surface area contributed by atoms with Crippen molar-refractivity contribution in [2.24, 2.45) is 0 Å². The molecule has 0 unspecified atom stereocenters. The summed E-state index contributed by atoms with van der Waals surface area (Å²) in [5, 5.41) is 20.5. The molecule has 0 spiro atoms. The highest BCUT2D eigenvalue weighted by molar-refractivity contribution is 7.99. The van der Waals surface area contributed by atoms with Crippen molar-refractivity contribution in [3.05, 3.63) is 142 Å². The fourth-order valence-corrected chi connectivity index (χ4v) is 9.58. The first-order chi connectivity index (χ1) is 28.7. The van der Waals surface area contributed by atoms with Crippen LogP contribution in [0.1, 0.15) is 24.8 Å². The molecule has 15 heteroatoms. The number of thioether (sulfide) groups is 1. The highest BCUT2D eigenvalue weighted by Crippen LogP contribution is 2.33. The van der Waals surface area contributed by atoms with Crippen LogP contribution < -0.4 is 20.3 Å². The first kappa shape index (κ1) is 40.5. The molecule has 1 atom stereocenters. The van der Waals surface area contributed by atoms with Crippen LogP contribution in [0.2, 0.25) is 5.02 Å². The summed E-state index contributed by atoms with van der Waals surface area (Å²) in [4.78, 5) is 26.1. The zero-order chi connectivity index (χ0) is 40.8. The minimum absolute atomic E-state index is 0.0909. The van der Waals surface area contributed by atoms with E-state index in [2.05, 4.69) is 59.4 Å². The lowest BCUT2D eigenvalue weighted by Gasteiger charge is -2.36. The topological polar surface area (TPSA) is 146 Å². The van der Waals surface area contributed by atoms with Crippen molar-refractivity contribution < 1.29 is 13.3 Å². The Morgan fingerprint density at radius 2 is 1.64 bits per heavy atom. The maximum absolute atomic E-state index is 13.8. The van der Waals surface area contributed by atoms with E-state index in [1.54, 1.807) is 11.8 Å². The molecule has 1 aliphatic carbocycles. The third-order valence-corrected chi connectivity index (χ3v) is 13.4. The van der Waals surface area contributed by atoms with Crippen molar-refractivity contribution in [2.75, 3.05) is 53.4 Å². The number of nitrogens with one attached hydrogen (secondary N) is 3. The Morgan fingerprint density at radius 3 is 2.39 bits per heavy atom. The molecule has 2 aliphatic rings. The zero-order valence-corrected chi connectivity index (χ0v) is 34.7. The van der Waals surface area contributed by atoms with Crippen molar-refractivity contribution >= 4 is 67.2 Å². The van der Waals surface area contributed by atoms with Crippen LogP contribution in [0.15, 0.2) is 131 Å². The van der Waals surface area contributed by atoms with E-state index in [-0.39, 0.29) is 28.1 Å². The average Bonchev–Trinajstić information content (AvgIpc) is 4.08. The molecule has 304 valence electrons. The molecule has 12 nitrogen and oxygen atoms in total. The second-order valence-electron chi connectivity index (χ2n) is 14.9. The van der Waals surface area contributed by atoms with Gasteiger partial charge >= 0.3 is 0 Å². The number of fused-ring (bicyclic) bond motifs is 1. The number of aromatic nitrogens is 2. The molecule has 0 amide bonds. The van der Waals surface area contributed by atoms with Gasteiger partial charge < -0.3 is 15.5 Å². The molecule has 0 radical (unpaired) electrons. The summed E-state index contributed by atoms with van der Waals surface area (Å²) >= 11 is 8.10. The van der Waals surface area contributed by atoms with Crippen LogP contribution in [0.25, 0.3) is 22.0 Å². The summed E-state index contributed by atoms with van der Waals surface area (Å²) in [6.07, 6.45) is 4.39. The minimum Gasteiger partial charge on any atom is -0.376 e. The van der Waals surface area contributed by atoms with E-state index in [1.165, 1.54) is 42.4 Å². The summed E-state index contributed by atoms with van der Waals surface area (Å²) in [6.45, 7) is 4.84. The fourth-order valence-electron chi connectivity index (χ4n) is 7.34. The number of rotatable bonds is 17. The number of hydrogen-bond acceptors (Lipinski definition) is 11. The standard InChI is InChI=1S/C44H45ClN8O4S2/c45-33-11-16-39(31-7-3-1-4-8-31)32(25-33)28-51-21-23-52(24-22-51)36-14-17-40-42(26-36)47-30-48-44(40)50-59(56,57)38-15-18-41(43(27-38)53(54)55)49-35(19-20-46-34-12-13-34)29-58-37-9-5-2-6-10-37/h1-11,14-18,25-27,30,34-35,46,49H,12-13,19-24,28-29H2,(H,47,48,50)/t35-/m1/s1. The number of nitro benzene ring substituents is 1. The average molecular weight is 849 g/mol. The van der Waals surface area contributed by atoms with Gasteiger partial charge in [-0.3, -0.25) is 19.7 Å². The van der Waals surface area contributed by atoms with Crippen LogP contribution >= 0.6 is 23.4 Å². The quantitative estimate of drug-likeness (QED) is 0.0461. The molecule has 5 aromatic carbocycles. The summed E-state index contributed by atoms with van der Waals surface area (Å²) in [5.74, 6) is 0.765. The van der Waals surface area contributed by atoms with E-state index in [4.69, 9.17) is 11.6 Å². The molecule has 3 N–H and O–H groups in total. The number of sulfonamides is 1. The molecule has 0 bridgehead atoms. The van der Waals surface area contributed by atoms with E-state index in [0.717, 1.165) is 72.9 Å². The Hall–Kier alpha value is -5.25. The predicted octanol–water partition coefficient (Wildman–Crippen LogP) is 8.70. The molecule has 59 heavy (non-hydrogen) atoms. The molecule has 1 saturated heterocycles. The van der Waals surface area contributed by atoms with Gasteiger partial charge in [-0.25, -0.2) is 18.4 Å². The Balaban J connectivity index is 0.936. The van der Waals surface area contributed by atoms with Gasteiger partial charge in [-0.1, -0.05) is 66.2 Å². The number of benzene rings is 5. The van der Waals surface area contributed by atoms with Gasteiger partial charge in [0.2, 0.25) is 0 Å². The summed E-state index contributed by atoms with van der Waals surface area (Å²) in [5.41, 5.74) is 5.02. The third-order valence-electron chi connectivity index (χ3n) is 10.7. The lowest BCUT2D eigenvalue weighted by Crippen LogP contribution is -2.46. The number of halogens is 1. The van der Waals surface area contributed by atoms with Crippen LogP contribution in [-0.4, -0.2) is 78.8 Å². The van der Waals surface area contributed by atoms with E-state index in [1.807, 2.05) is 72.8 Å². The van der Waals surface area contributed by atoms with Gasteiger partial charge in [0.15, 0.2) is 5.82 Å². The Bertz CT molecular complexity index is 2520. The van der Waals surface area contributed by atoms with Gasteiger partial charge in [0.05, 0.1) is 15.3 Å². The second-order valence-corrected chi connectivity index (χ2v) is 18.1. The lowest BCUT2D eigenvalue weighted by molar-refractivity contribution is -0.384. The summed E-state index contributed by atoms with van der Waals surface area (Å²) in [6, 6.07) is 36.5. The van der Waals surface area contributed by atoms with Gasteiger partial charge in [-0.2, -0.15) is 0 Å². The van der Waals surface area contributed by atoms with Gasteiger partial charge in [0.1, 0.15) is 12.0 Å². The Kier molecular flexibility index (Phi) is 12.6. The molecule has 1 saturated carbocycles. The SMILES string of the molecule is O=[N+]([O-])c1cc(S(=O)(=O)Nc2ncnc3cc(N4CCN(Cc5cc(Cl)ccc5-c5ccccc5)CC4)ccc23)ccc1N[C@H](CCNC1CC1)CSc1ccccc1. The van der Waals surface area contributed by atoms with Gasteiger partial charge in [0.25, 0.3) is 15.7 Å². The summed E-state index contributed by atoms with van der Waals surface area (Å²) in [7, 11) is -4.27. The molecule has 8 rings (SSSR count). The van der Waals surface area contributed by atoms with Crippen LogP contribution in [0.4, 0.5) is 22.9 Å². The Labute approximate surface area is 353 Å². The highest BCUT2D eigenvalue weighted by atomic mass is 35.5. The van der Waals surface area contributed by atoms with E-state index in [9.17, 15) is 18.5 Å². The molecular formula is C44H45ClN8O4S2. The molecule has 6 aromatic rings. The fraction of sp³-hybridized carbons (Fsp3) is 0.273. The Morgan fingerprint density at radius 1 is 0.881 bits per heavy atom. The first-order valence-electron chi connectivity index (χ1n) is 19.7. The smallest absolute Gasteiger partial charge is 0.293 e. The monoisotopic (exact) mass is 848 g/mol. The zero-order valence-electron chi connectivity index (χ0n) is 32.3. The maximum atomic E-state index is 13.8. The first-order valence-corrected chi connectivity index (χ1v) is 22.6. The van der Waals surface area contributed by atoms with Crippen molar-refractivity contribution in [1.82, 2.24) is 20.2 Å². The molecule has 1 aromatic heterocycles. The van der Waals surface area contributed by atoms with E-state index < -0.39 is 14.9 Å². The van der Waals surface area contributed by atoms with Crippen molar-refractivity contribution in [2.45, 2.75) is 47.7 Å². The number of anilines is 3. The lowest BCUT2D eigenvalue weighted by atomic mass is 9.99. The van der Waals surface area contributed by atoms with Gasteiger partial charge in [-0.15, -0.1) is 11.8 Å². The highest BCUT2D eigenvalue weighted by Gasteiger charge is 2.26. The van der Waals surface area contributed by atoms with E-state index >= 15 is 0 Å². The number of hydrogen-bond donors (Lipinski definition) is 3. The molecule has 1 aliphatic heterocycles. The van der Waals surface area contributed by atoms with Gasteiger partial charge in [0, 0.05) is 77.6 Å². The largest absolute Gasteiger partial charge is 0.376 e. The predicted molar refractivity (Wildman–Crippen MR) is 238 cm³/mol. The molecule has 2 heterocycles. The van der Waals surface area contributed by atoms with E-state index in [0.29, 0.717) is 22.7 Å². The van der Waals surface area contributed by atoms with Crippen molar-refractivity contribution in [3.8, 4) is 11.1 Å². The van der Waals surface area contributed by atoms with Crippen molar-refractivity contribution in [1.29, 1.82) is 0 Å². The van der Waals surface area contributed by atoms with Crippen molar-refractivity contribution in [3.63, 3.8) is 0 Å². The molecular weight excluding hydrogens is 804 g/mol. The second kappa shape index (κ2) is 18.3. The number of nitro groups is 1. The normalized spacial score (nSPS) is 15.2. The maximum Gasteiger partial charge on any atom is 0.293 e. The van der Waals surface area contributed by atoms with Gasteiger partial charge in [-0.05, 0) is 97.1 Å². The number of piperazine rings is 1. The number of nitrogens with zero attached hydrogens (tertiary/aromatic N) is 5. The van der Waals surface area contributed by atoms with Crippen LogP contribution in [0.5, 0.6) is 0 Å². The third kappa shape index (κ3) is 10.3. The minimum atomic E-state index is -4.27. The summed E-state index contributed by atoms with van der Waals surface area (Å²) < 4.78 is 30.1. The van der Waals surface area contributed by atoms with Crippen LogP contribution in [0.3, 0.4) is 0 Å². The molecule has 2 fully saturated rings. The van der Waals surface area contributed by atoms with Crippen LogP contribution in [-0.2, 0) is 16.6 Å².